The quantitative estimate of drug-likeness (QED) is 0.537. The van der Waals surface area contributed by atoms with Gasteiger partial charge in [0.05, 0.1) is 5.97 Å². The Hall–Kier alpha value is -0.510. The molecule has 0 heterocycles. The summed E-state index contributed by atoms with van der Waals surface area (Å²) >= 11 is 0. The fourth-order valence-corrected chi connectivity index (χ4v) is 2.18. The number of aromatic hydroxyl groups is 1. The van der Waals surface area contributed by atoms with E-state index in [1.165, 1.54) is 25.3 Å². The van der Waals surface area contributed by atoms with Crippen molar-refractivity contribution in [2.24, 2.45) is 5.92 Å². The van der Waals surface area contributed by atoms with Crippen molar-refractivity contribution < 1.29 is 44.6 Å². The van der Waals surface area contributed by atoms with E-state index in [-0.39, 0.29) is 40.9 Å². The Balaban J connectivity index is 0.00000361. The third kappa shape index (κ3) is 6.78. The summed E-state index contributed by atoms with van der Waals surface area (Å²) in [5, 5.41) is 20.6. The van der Waals surface area contributed by atoms with Gasteiger partial charge in [-0.25, -0.2) is 0 Å². The molecule has 0 amide bonds. The molecule has 0 saturated carbocycles. The predicted molar refractivity (Wildman–Crippen MR) is 74.1 cm³/mol. The fraction of sp³-hybridized carbons (Fsp3) is 0.562. The van der Waals surface area contributed by atoms with E-state index in [4.69, 9.17) is 0 Å². The van der Waals surface area contributed by atoms with E-state index in [1.54, 1.807) is 12.1 Å². The minimum atomic E-state index is -1.32. The van der Waals surface area contributed by atoms with Crippen LogP contribution in [0, 0.1) is 5.92 Å². The van der Waals surface area contributed by atoms with Gasteiger partial charge in [-0.2, -0.15) is 0 Å². The second kappa shape index (κ2) is 10.3. The zero-order chi connectivity index (χ0) is 14.3. The van der Waals surface area contributed by atoms with Gasteiger partial charge in [-0.3, -0.25) is 0 Å². The van der Waals surface area contributed by atoms with Crippen LogP contribution in [0.3, 0.4) is 0 Å². The molecule has 0 fully saturated rings. The number of aromatic carboxylic acids is 1. The van der Waals surface area contributed by atoms with Crippen LogP contribution >= 0.6 is 0 Å². The molecule has 0 aliphatic carbocycles. The van der Waals surface area contributed by atoms with Gasteiger partial charge in [0.1, 0.15) is 5.75 Å². The second-order valence-corrected chi connectivity index (χ2v) is 5.45. The van der Waals surface area contributed by atoms with Crippen LogP contribution in [-0.2, 0) is 6.42 Å². The zero-order valence-electron chi connectivity index (χ0n) is 12.8. The maximum Gasteiger partial charge on any atom is 1.00 e. The van der Waals surface area contributed by atoms with E-state index in [0.717, 1.165) is 18.8 Å². The van der Waals surface area contributed by atoms with Crippen LogP contribution in [0.4, 0.5) is 0 Å². The standard InChI is InChI=1S/C16H24O3.Na/c1-12(2)8-5-3-4-6-9-13-10-7-11-14(15(13)17)16(18)19;/h7,10-12,17H,3-6,8-9H2,1-2H3,(H,18,19);/q;+1/p-1. The van der Waals surface area contributed by atoms with E-state index in [0.29, 0.717) is 12.0 Å². The molecule has 4 heteroatoms. The van der Waals surface area contributed by atoms with Gasteiger partial charge in [0.2, 0.25) is 0 Å². The summed E-state index contributed by atoms with van der Waals surface area (Å²) < 4.78 is 0. The minimum absolute atomic E-state index is 0. The summed E-state index contributed by atoms with van der Waals surface area (Å²) in [6.45, 7) is 4.45. The van der Waals surface area contributed by atoms with Crippen LogP contribution in [0.1, 0.15) is 61.9 Å². The van der Waals surface area contributed by atoms with Crippen molar-refractivity contribution >= 4 is 5.97 Å². The van der Waals surface area contributed by atoms with Crippen molar-refractivity contribution in [3.63, 3.8) is 0 Å². The van der Waals surface area contributed by atoms with Crippen LogP contribution in [0.2, 0.25) is 0 Å². The Morgan fingerprint density at radius 3 is 2.45 bits per heavy atom. The molecule has 20 heavy (non-hydrogen) atoms. The predicted octanol–water partition coefficient (Wildman–Crippen LogP) is -0.0913. The number of aryl methyl sites for hydroxylation is 1. The summed E-state index contributed by atoms with van der Waals surface area (Å²) in [4.78, 5) is 10.8. The maximum absolute atomic E-state index is 10.8. The third-order valence-corrected chi connectivity index (χ3v) is 3.32. The smallest absolute Gasteiger partial charge is 0.545 e. The van der Waals surface area contributed by atoms with Gasteiger partial charge >= 0.3 is 29.6 Å². The van der Waals surface area contributed by atoms with Gasteiger partial charge in [0.25, 0.3) is 0 Å². The molecule has 1 N–H and O–H groups in total. The third-order valence-electron chi connectivity index (χ3n) is 3.32. The number of carbonyl (C=O) groups excluding carboxylic acids is 1. The average molecular weight is 286 g/mol. The number of para-hydroxylation sites is 1. The summed E-state index contributed by atoms with van der Waals surface area (Å²) in [5.74, 6) is -0.704. The molecule has 106 valence electrons. The van der Waals surface area contributed by atoms with Gasteiger partial charge in [-0.1, -0.05) is 51.7 Å². The molecule has 0 spiro atoms. The number of hydrogen-bond donors (Lipinski definition) is 1. The van der Waals surface area contributed by atoms with Crippen LogP contribution in [0.15, 0.2) is 18.2 Å². The van der Waals surface area contributed by atoms with Crippen molar-refractivity contribution in [2.75, 3.05) is 0 Å². The SMILES string of the molecule is CC(C)CCCCCCc1cccc(C(=O)[O-])c1O.[Na+]. The number of carbonyl (C=O) groups is 1. The van der Waals surface area contributed by atoms with E-state index in [9.17, 15) is 15.0 Å². The van der Waals surface area contributed by atoms with Crippen LogP contribution in [0.25, 0.3) is 0 Å². The molecule has 1 aromatic carbocycles. The Bertz CT molecular complexity index is 416. The second-order valence-electron chi connectivity index (χ2n) is 5.45. The van der Waals surface area contributed by atoms with Crippen molar-refractivity contribution in [1.82, 2.24) is 0 Å². The van der Waals surface area contributed by atoms with Gasteiger partial charge in [0.15, 0.2) is 0 Å². The van der Waals surface area contributed by atoms with Gasteiger partial charge in [0, 0.05) is 5.56 Å². The molecule has 1 aromatic rings. The number of benzene rings is 1. The number of carboxylic acids is 1. The first-order valence-corrected chi connectivity index (χ1v) is 7.04. The Morgan fingerprint density at radius 2 is 1.85 bits per heavy atom. The molecule has 0 saturated heterocycles. The summed E-state index contributed by atoms with van der Waals surface area (Å²) in [5.41, 5.74) is 0.586. The Morgan fingerprint density at radius 1 is 1.20 bits per heavy atom. The molecule has 0 bridgehead atoms. The van der Waals surface area contributed by atoms with Gasteiger partial charge in [-0.15, -0.1) is 0 Å². The normalized spacial score (nSPS) is 10.3. The van der Waals surface area contributed by atoms with E-state index < -0.39 is 5.97 Å². The van der Waals surface area contributed by atoms with E-state index in [1.807, 2.05) is 0 Å². The molecule has 1 rings (SSSR count). The van der Waals surface area contributed by atoms with E-state index in [2.05, 4.69) is 13.8 Å². The van der Waals surface area contributed by atoms with Crippen LogP contribution < -0.4 is 34.7 Å². The summed E-state index contributed by atoms with van der Waals surface area (Å²) in [6, 6.07) is 4.80. The number of rotatable bonds is 8. The molecule has 0 aliphatic rings. The number of phenols is 1. The maximum atomic E-state index is 10.8. The van der Waals surface area contributed by atoms with Crippen molar-refractivity contribution in [1.29, 1.82) is 0 Å². The number of hydrogen-bond acceptors (Lipinski definition) is 3. The Kier molecular flexibility index (Phi) is 9.99. The van der Waals surface area contributed by atoms with Gasteiger partial charge in [-0.05, 0) is 30.4 Å². The van der Waals surface area contributed by atoms with Gasteiger partial charge < -0.3 is 15.0 Å². The molecule has 0 unspecified atom stereocenters. The number of carboxylic acid groups (broad SMARTS) is 1. The first kappa shape index (κ1) is 19.5. The zero-order valence-corrected chi connectivity index (χ0v) is 14.8. The van der Waals surface area contributed by atoms with Crippen LogP contribution in [0.5, 0.6) is 5.75 Å². The summed E-state index contributed by atoms with van der Waals surface area (Å²) in [6.07, 6.45) is 6.49. The molecule has 3 nitrogen and oxygen atoms in total. The average Bonchev–Trinajstić information content (AvgIpc) is 2.34. The molecule has 0 radical (unpaired) electrons. The first-order valence-electron chi connectivity index (χ1n) is 7.04. The molecule has 0 atom stereocenters. The molecular weight excluding hydrogens is 263 g/mol. The van der Waals surface area contributed by atoms with E-state index >= 15 is 0 Å². The fourth-order valence-electron chi connectivity index (χ4n) is 2.18. The minimum Gasteiger partial charge on any atom is -0.545 e. The summed E-state index contributed by atoms with van der Waals surface area (Å²) in [7, 11) is 0. The first-order chi connectivity index (χ1) is 9.02. The Labute approximate surface area is 143 Å². The largest absolute Gasteiger partial charge is 1.00 e. The molecular formula is C16H23NaO3. The molecule has 0 aliphatic heterocycles. The van der Waals surface area contributed by atoms with Crippen molar-refractivity contribution in [2.45, 2.75) is 52.4 Å². The van der Waals surface area contributed by atoms with Crippen LogP contribution in [-0.4, -0.2) is 11.1 Å². The molecule has 0 aromatic heterocycles. The topological polar surface area (TPSA) is 60.4 Å². The monoisotopic (exact) mass is 286 g/mol. The van der Waals surface area contributed by atoms with Crippen molar-refractivity contribution in [3.05, 3.63) is 29.3 Å². The van der Waals surface area contributed by atoms with Crippen molar-refractivity contribution in [3.8, 4) is 5.75 Å². The number of unbranched alkanes of at least 4 members (excludes halogenated alkanes) is 3.